The minimum atomic E-state index is -0.274. The van der Waals surface area contributed by atoms with E-state index in [-0.39, 0.29) is 11.5 Å². The number of aliphatic hydroxyl groups excluding tert-OH is 1. The molecular formula is C15H13NO3. The van der Waals surface area contributed by atoms with E-state index >= 15 is 0 Å². The lowest BCUT2D eigenvalue weighted by Gasteiger charge is -2.01. The number of methoxy groups -OCH3 is 1. The van der Waals surface area contributed by atoms with E-state index in [1.54, 1.807) is 49.7 Å². The molecule has 0 amide bonds. The lowest BCUT2D eigenvalue weighted by atomic mass is 10.1. The van der Waals surface area contributed by atoms with Gasteiger partial charge in [-0.25, -0.2) is 0 Å². The molecule has 0 aliphatic carbocycles. The first kappa shape index (κ1) is 12.8. The van der Waals surface area contributed by atoms with Crippen molar-refractivity contribution < 1.29 is 14.6 Å². The van der Waals surface area contributed by atoms with Crippen LogP contribution in [0.25, 0.3) is 5.76 Å². The summed E-state index contributed by atoms with van der Waals surface area (Å²) in [6.45, 7) is 0. The number of ether oxygens (including phenoxy) is 1. The molecule has 4 nitrogen and oxygen atoms in total. The lowest BCUT2D eigenvalue weighted by Crippen LogP contribution is -1.97. The number of hydrogen-bond acceptors (Lipinski definition) is 4. The van der Waals surface area contributed by atoms with E-state index in [0.717, 1.165) is 0 Å². The lowest BCUT2D eigenvalue weighted by molar-refractivity contribution is 0.104. The van der Waals surface area contributed by atoms with E-state index in [1.165, 1.54) is 12.3 Å². The van der Waals surface area contributed by atoms with Crippen molar-refractivity contribution in [1.82, 2.24) is 4.98 Å². The van der Waals surface area contributed by atoms with E-state index < -0.39 is 0 Å². The number of rotatable bonds is 4. The van der Waals surface area contributed by atoms with Crippen molar-refractivity contribution in [2.24, 2.45) is 0 Å². The number of allylic oxidation sites excluding steroid dienone is 1. The molecule has 0 saturated carbocycles. The third-order valence-corrected chi connectivity index (χ3v) is 2.60. The zero-order valence-electron chi connectivity index (χ0n) is 10.4. The molecule has 96 valence electrons. The quantitative estimate of drug-likeness (QED) is 0.518. The molecule has 2 aromatic rings. The monoisotopic (exact) mass is 255 g/mol. The zero-order chi connectivity index (χ0) is 13.7. The van der Waals surface area contributed by atoms with Crippen LogP contribution in [0.4, 0.5) is 0 Å². The fraction of sp³-hybridized carbons (Fsp3) is 0.0667. The van der Waals surface area contributed by atoms with Gasteiger partial charge in [0.2, 0.25) is 0 Å². The van der Waals surface area contributed by atoms with Gasteiger partial charge in [0.25, 0.3) is 0 Å². The standard InChI is InChI=1S/C15H13NO3/c1-19-13-6-4-11(5-7-13)14(17)9-15(18)12-3-2-8-16-10-12/h2-10,18H,1H3/b15-9-. The molecule has 0 fully saturated rings. The van der Waals surface area contributed by atoms with Crippen molar-refractivity contribution in [3.05, 3.63) is 66.0 Å². The number of benzene rings is 1. The molecule has 1 aromatic carbocycles. The molecule has 0 radical (unpaired) electrons. The van der Waals surface area contributed by atoms with Gasteiger partial charge < -0.3 is 9.84 Å². The Hall–Kier alpha value is -2.62. The molecule has 1 N–H and O–H groups in total. The number of pyridine rings is 1. The van der Waals surface area contributed by atoms with E-state index in [2.05, 4.69) is 4.98 Å². The molecule has 0 saturated heterocycles. The molecule has 1 heterocycles. The van der Waals surface area contributed by atoms with Crippen LogP contribution < -0.4 is 4.74 Å². The van der Waals surface area contributed by atoms with Gasteiger partial charge >= 0.3 is 0 Å². The SMILES string of the molecule is COc1ccc(C(=O)/C=C(\O)c2cccnc2)cc1. The molecule has 2 rings (SSSR count). The number of nitrogens with zero attached hydrogens (tertiary/aromatic N) is 1. The van der Waals surface area contributed by atoms with E-state index in [1.807, 2.05) is 0 Å². The number of carbonyl (C=O) groups is 1. The Morgan fingerprint density at radius 1 is 1.21 bits per heavy atom. The number of hydrogen-bond donors (Lipinski definition) is 1. The van der Waals surface area contributed by atoms with E-state index in [4.69, 9.17) is 4.74 Å². The molecule has 4 heteroatoms. The summed E-state index contributed by atoms with van der Waals surface area (Å²) in [5.41, 5.74) is 0.987. The fourth-order valence-electron chi connectivity index (χ4n) is 1.56. The average Bonchev–Trinajstić information content (AvgIpc) is 2.48. The first-order valence-electron chi connectivity index (χ1n) is 5.70. The molecule has 19 heavy (non-hydrogen) atoms. The molecule has 0 unspecified atom stereocenters. The highest BCUT2D eigenvalue weighted by Gasteiger charge is 2.06. The summed E-state index contributed by atoms with van der Waals surface area (Å²) in [5.74, 6) is 0.301. The summed E-state index contributed by atoms with van der Waals surface area (Å²) in [6, 6.07) is 10.1. The third-order valence-electron chi connectivity index (χ3n) is 2.60. The highest BCUT2D eigenvalue weighted by Crippen LogP contribution is 2.14. The van der Waals surface area contributed by atoms with Gasteiger partial charge in [-0.2, -0.15) is 0 Å². The molecule has 1 aromatic heterocycles. The Morgan fingerprint density at radius 3 is 2.53 bits per heavy atom. The Labute approximate surface area is 111 Å². The maximum absolute atomic E-state index is 11.9. The Kier molecular flexibility index (Phi) is 3.93. The van der Waals surface area contributed by atoms with E-state index in [9.17, 15) is 9.90 Å². The van der Waals surface area contributed by atoms with Crippen LogP contribution in [0.5, 0.6) is 5.75 Å². The average molecular weight is 255 g/mol. The second-order valence-corrected chi connectivity index (χ2v) is 3.86. The summed E-state index contributed by atoms with van der Waals surface area (Å²) in [4.78, 5) is 15.8. The second kappa shape index (κ2) is 5.82. The Balaban J connectivity index is 2.20. The van der Waals surface area contributed by atoms with Crippen molar-refractivity contribution >= 4 is 11.5 Å². The summed E-state index contributed by atoms with van der Waals surface area (Å²) < 4.78 is 5.01. The smallest absolute Gasteiger partial charge is 0.189 e. The maximum Gasteiger partial charge on any atom is 0.189 e. The molecule has 0 atom stereocenters. The van der Waals surface area contributed by atoms with Gasteiger partial charge in [0, 0.05) is 29.6 Å². The van der Waals surface area contributed by atoms with Crippen molar-refractivity contribution in [3.8, 4) is 5.75 Å². The molecule has 0 aliphatic rings. The number of carbonyl (C=O) groups excluding carboxylic acids is 1. The summed E-state index contributed by atoms with van der Waals surface area (Å²) in [7, 11) is 1.56. The van der Waals surface area contributed by atoms with Crippen molar-refractivity contribution in [3.63, 3.8) is 0 Å². The van der Waals surface area contributed by atoms with Crippen LogP contribution in [0, 0.1) is 0 Å². The van der Waals surface area contributed by atoms with Gasteiger partial charge in [-0.05, 0) is 36.4 Å². The Bertz CT molecular complexity index is 589. The summed E-state index contributed by atoms with van der Waals surface area (Å²) >= 11 is 0. The predicted molar refractivity (Wildman–Crippen MR) is 72.2 cm³/mol. The van der Waals surface area contributed by atoms with Gasteiger partial charge in [-0.1, -0.05) is 0 Å². The first-order valence-corrected chi connectivity index (χ1v) is 5.70. The third kappa shape index (κ3) is 3.19. The normalized spacial score (nSPS) is 11.1. The number of ketones is 1. The largest absolute Gasteiger partial charge is 0.507 e. The number of aliphatic hydroxyl groups is 1. The zero-order valence-corrected chi connectivity index (χ0v) is 10.4. The maximum atomic E-state index is 11.9. The summed E-state index contributed by atoms with van der Waals surface area (Å²) in [6.07, 6.45) is 4.27. The van der Waals surface area contributed by atoms with Gasteiger partial charge in [-0.3, -0.25) is 9.78 Å². The van der Waals surface area contributed by atoms with Crippen LogP contribution in [0.2, 0.25) is 0 Å². The van der Waals surface area contributed by atoms with Gasteiger partial charge in [-0.15, -0.1) is 0 Å². The minimum absolute atomic E-state index is 0.103. The topological polar surface area (TPSA) is 59.4 Å². The van der Waals surface area contributed by atoms with Crippen molar-refractivity contribution in [1.29, 1.82) is 0 Å². The highest BCUT2D eigenvalue weighted by molar-refractivity contribution is 6.07. The van der Waals surface area contributed by atoms with E-state index in [0.29, 0.717) is 16.9 Å². The van der Waals surface area contributed by atoms with Crippen LogP contribution in [-0.2, 0) is 0 Å². The Morgan fingerprint density at radius 2 is 1.95 bits per heavy atom. The van der Waals surface area contributed by atoms with Crippen LogP contribution in [0.15, 0.2) is 54.9 Å². The van der Waals surface area contributed by atoms with Crippen LogP contribution in [0.1, 0.15) is 15.9 Å². The van der Waals surface area contributed by atoms with Crippen molar-refractivity contribution in [2.45, 2.75) is 0 Å². The second-order valence-electron chi connectivity index (χ2n) is 3.86. The predicted octanol–water partition coefficient (Wildman–Crippen LogP) is 2.87. The first-order chi connectivity index (χ1) is 9.20. The number of aromatic nitrogens is 1. The van der Waals surface area contributed by atoms with Crippen molar-refractivity contribution in [2.75, 3.05) is 7.11 Å². The fourth-order valence-corrected chi connectivity index (χ4v) is 1.56. The van der Waals surface area contributed by atoms with Crippen LogP contribution in [-0.4, -0.2) is 23.0 Å². The van der Waals surface area contributed by atoms with Gasteiger partial charge in [0.1, 0.15) is 11.5 Å². The van der Waals surface area contributed by atoms with Gasteiger partial charge in [0.15, 0.2) is 5.78 Å². The van der Waals surface area contributed by atoms with Gasteiger partial charge in [0.05, 0.1) is 7.11 Å². The summed E-state index contributed by atoms with van der Waals surface area (Å²) in [5, 5.41) is 9.83. The molecular weight excluding hydrogens is 242 g/mol. The minimum Gasteiger partial charge on any atom is -0.507 e. The van der Waals surface area contributed by atoms with Crippen LogP contribution >= 0.6 is 0 Å². The molecule has 0 spiro atoms. The molecule has 0 bridgehead atoms. The highest BCUT2D eigenvalue weighted by atomic mass is 16.5. The molecule has 0 aliphatic heterocycles. The van der Waals surface area contributed by atoms with Crippen LogP contribution in [0.3, 0.4) is 0 Å².